The van der Waals surface area contributed by atoms with Crippen LogP contribution in [0.15, 0.2) is 53.0 Å². The van der Waals surface area contributed by atoms with Crippen molar-refractivity contribution in [1.82, 2.24) is 5.32 Å². The van der Waals surface area contributed by atoms with Gasteiger partial charge in [-0.25, -0.2) is 4.79 Å². The van der Waals surface area contributed by atoms with Gasteiger partial charge in [-0.15, -0.1) is 11.3 Å². The Hall–Kier alpha value is -2.42. The summed E-state index contributed by atoms with van der Waals surface area (Å²) in [4.78, 5) is 15.8. The minimum absolute atomic E-state index is 0.183. The molecule has 0 amide bonds. The average Bonchev–Trinajstić information content (AvgIpc) is 3.22. The molecule has 0 fully saturated rings. The topological polar surface area (TPSA) is 60.0 Å². The maximum atomic E-state index is 13.0. The van der Waals surface area contributed by atoms with E-state index in [1.165, 1.54) is 0 Å². The lowest BCUT2D eigenvalue weighted by Gasteiger charge is -2.37. The number of hydrogen-bond acceptors (Lipinski definition) is 6. The molecule has 1 aliphatic heterocycles. The van der Waals surface area contributed by atoms with Gasteiger partial charge in [-0.3, -0.25) is 4.90 Å². The normalized spacial score (nSPS) is 16.8. The number of ether oxygens (including phenoxy) is 3. The molecule has 0 saturated heterocycles. The molecule has 1 aliphatic rings. The van der Waals surface area contributed by atoms with E-state index in [1.807, 2.05) is 53.6 Å². The molecule has 1 atom stereocenters. The summed E-state index contributed by atoms with van der Waals surface area (Å²) >= 11 is 7.20. The summed E-state index contributed by atoms with van der Waals surface area (Å²) in [5.74, 6) is 0.260. The fourth-order valence-corrected chi connectivity index (χ4v) is 4.21. The number of benzene rings is 1. The number of carbonyl (C=O) groups excluding carboxylic acids is 1. The third kappa shape index (κ3) is 4.04. The zero-order valence-corrected chi connectivity index (χ0v) is 17.6. The van der Waals surface area contributed by atoms with Gasteiger partial charge in [-0.05, 0) is 42.7 Å². The van der Waals surface area contributed by atoms with Crippen molar-refractivity contribution < 1.29 is 19.0 Å². The van der Waals surface area contributed by atoms with E-state index >= 15 is 0 Å². The summed E-state index contributed by atoms with van der Waals surface area (Å²) < 4.78 is 15.9. The molecule has 0 aliphatic carbocycles. The lowest BCUT2D eigenvalue weighted by molar-refractivity contribution is -0.140. The van der Waals surface area contributed by atoms with Crippen LogP contribution in [0.3, 0.4) is 0 Å². The molecule has 0 radical (unpaired) electrons. The summed E-state index contributed by atoms with van der Waals surface area (Å²) in [7, 11) is 3.17. The Bertz CT molecular complexity index is 880. The highest BCUT2D eigenvalue weighted by Gasteiger charge is 2.36. The Morgan fingerprint density at radius 3 is 2.68 bits per heavy atom. The molecule has 1 N–H and O–H groups in total. The first-order chi connectivity index (χ1) is 13.6. The van der Waals surface area contributed by atoms with Crippen LogP contribution in [0.5, 0.6) is 5.75 Å². The monoisotopic (exact) mass is 418 g/mol. The van der Waals surface area contributed by atoms with Crippen molar-refractivity contribution in [3.63, 3.8) is 0 Å². The maximum Gasteiger partial charge on any atom is 0.338 e. The number of nitrogens with zero attached hydrogens (tertiary/aromatic N) is 1. The lowest BCUT2D eigenvalue weighted by Crippen LogP contribution is -2.48. The average molecular weight is 419 g/mol. The highest BCUT2D eigenvalue weighted by atomic mass is 32.1. The number of carbonyl (C=O) groups is 1. The molecule has 1 aromatic carbocycles. The van der Waals surface area contributed by atoms with Crippen molar-refractivity contribution in [2.75, 3.05) is 32.3 Å². The predicted molar refractivity (Wildman–Crippen MR) is 114 cm³/mol. The molecule has 3 rings (SSSR count). The van der Waals surface area contributed by atoms with Crippen molar-refractivity contribution in [3.8, 4) is 5.75 Å². The summed E-state index contributed by atoms with van der Waals surface area (Å²) in [6.45, 7) is 2.39. The van der Waals surface area contributed by atoms with E-state index in [-0.39, 0.29) is 12.6 Å². The molecule has 1 aromatic heterocycles. The highest BCUT2D eigenvalue weighted by Crippen LogP contribution is 2.38. The van der Waals surface area contributed by atoms with E-state index < -0.39 is 5.97 Å². The largest absolute Gasteiger partial charge is 0.495 e. The van der Waals surface area contributed by atoms with Gasteiger partial charge in [-0.1, -0.05) is 18.2 Å². The van der Waals surface area contributed by atoms with E-state index in [1.54, 1.807) is 25.6 Å². The van der Waals surface area contributed by atoms with E-state index in [2.05, 4.69) is 5.32 Å². The third-order valence-corrected chi connectivity index (χ3v) is 5.62. The summed E-state index contributed by atoms with van der Waals surface area (Å²) in [5.41, 5.74) is 1.97. The molecule has 0 spiro atoms. The molecule has 148 valence electrons. The Morgan fingerprint density at radius 1 is 1.21 bits per heavy atom. The number of anilines is 1. The quantitative estimate of drug-likeness (QED) is 0.418. The number of para-hydroxylation sites is 2. The maximum absolute atomic E-state index is 13.0. The molecule has 2 aromatic rings. The molecule has 2 heterocycles. The molecule has 8 heteroatoms. The molecule has 0 saturated carbocycles. The summed E-state index contributed by atoms with van der Waals surface area (Å²) in [5, 5.41) is 5.76. The summed E-state index contributed by atoms with van der Waals surface area (Å²) in [6, 6.07) is 11.1. The standard InChI is InChI=1S/C20H22N2O4S2/c1-13-17(19(23)26-11-10-24-2)18(16-9-6-12-28-16)21-20(27)22(13)14-7-4-5-8-15(14)25-3/h4-9,12,18H,10-11H2,1-3H3,(H,21,27)/t18-/m1/s1. The highest BCUT2D eigenvalue weighted by molar-refractivity contribution is 7.80. The number of hydrogen-bond donors (Lipinski definition) is 1. The third-order valence-electron chi connectivity index (χ3n) is 4.38. The Balaban J connectivity index is 2.07. The minimum Gasteiger partial charge on any atom is -0.495 e. The van der Waals surface area contributed by atoms with Gasteiger partial charge >= 0.3 is 5.97 Å². The van der Waals surface area contributed by atoms with Crippen molar-refractivity contribution in [2.45, 2.75) is 13.0 Å². The van der Waals surface area contributed by atoms with Gasteiger partial charge in [0.25, 0.3) is 0 Å². The second-order valence-corrected chi connectivity index (χ2v) is 7.40. The van der Waals surface area contributed by atoms with Crippen molar-refractivity contribution in [3.05, 3.63) is 57.9 Å². The molecular weight excluding hydrogens is 396 g/mol. The van der Waals surface area contributed by atoms with Crippen molar-refractivity contribution in [2.24, 2.45) is 0 Å². The first-order valence-corrected chi connectivity index (χ1v) is 10.0. The van der Waals surface area contributed by atoms with Gasteiger partial charge in [0, 0.05) is 17.7 Å². The second kappa shape index (κ2) is 9.18. The van der Waals surface area contributed by atoms with Crippen LogP contribution >= 0.6 is 23.6 Å². The Morgan fingerprint density at radius 2 is 2.00 bits per heavy atom. The van der Waals surface area contributed by atoms with Crippen LogP contribution in [0.4, 0.5) is 5.69 Å². The van der Waals surface area contributed by atoms with Crippen LogP contribution in [0.1, 0.15) is 17.8 Å². The van der Waals surface area contributed by atoms with Crippen molar-refractivity contribution >= 4 is 40.3 Å². The van der Waals surface area contributed by atoms with Gasteiger partial charge < -0.3 is 19.5 Å². The summed E-state index contributed by atoms with van der Waals surface area (Å²) in [6.07, 6.45) is 0. The Kier molecular flexibility index (Phi) is 6.66. The molecular formula is C20H22N2O4S2. The lowest BCUT2D eigenvalue weighted by atomic mass is 10.00. The fourth-order valence-electron chi connectivity index (χ4n) is 3.08. The SMILES string of the molecule is COCCOC(=O)C1=C(C)N(c2ccccc2OC)C(=S)N[C@@H]1c1cccs1. The first-order valence-electron chi connectivity index (χ1n) is 8.72. The van der Waals surface area contributed by atoms with Crippen LogP contribution in [-0.2, 0) is 14.3 Å². The van der Waals surface area contributed by atoms with Crippen LogP contribution in [0.2, 0.25) is 0 Å². The zero-order chi connectivity index (χ0) is 20.1. The van der Waals surface area contributed by atoms with E-state index in [0.717, 1.165) is 10.6 Å². The van der Waals surface area contributed by atoms with Gasteiger partial charge in [0.05, 0.1) is 31.0 Å². The van der Waals surface area contributed by atoms with Gasteiger partial charge in [0.15, 0.2) is 5.11 Å². The number of thiophene rings is 1. The molecule has 0 bridgehead atoms. The zero-order valence-electron chi connectivity index (χ0n) is 15.9. The number of rotatable bonds is 7. The van der Waals surface area contributed by atoms with E-state index in [9.17, 15) is 4.79 Å². The fraction of sp³-hybridized carbons (Fsp3) is 0.300. The van der Waals surface area contributed by atoms with Gasteiger partial charge in [0.2, 0.25) is 0 Å². The van der Waals surface area contributed by atoms with E-state index in [0.29, 0.717) is 28.7 Å². The van der Waals surface area contributed by atoms with Crippen LogP contribution in [0, 0.1) is 0 Å². The first kappa shape index (κ1) is 20.3. The minimum atomic E-state index is -0.400. The van der Waals surface area contributed by atoms with Gasteiger partial charge in [-0.2, -0.15) is 0 Å². The number of allylic oxidation sites excluding steroid dienone is 1. The number of esters is 1. The Labute approximate surface area is 173 Å². The molecule has 28 heavy (non-hydrogen) atoms. The van der Waals surface area contributed by atoms with Crippen LogP contribution < -0.4 is 15.0 Å². The number of methoxy groups -OCH3 is 2. The van der Waals surface area contributed by atoms with Crippen molar-refractivity contribution in [1.29, 1.82) is 0 Å². The number of thiocarbonyl (C=S) groups is 1. The smallest absolute Gasteiger partial charge is 0.338 e. The van der Waals surface area contributed by atoms with Crippen LogP contribution in [0.25, 0.3) is 0 Å². The predicted octanol–water partition coefficient (Wildman–Crippen LogP) is 3.66. The number of nitrogens with one attached hydrogen (secondary N) is 1. The molecule has 6 nitrogen and oxygen atoms in total. The van der Waals surface area contributed by atoms with Gasteiger partial charge in [0.1, 0.15) is 12.4 Å². The second-order valence-electron chi connectivity index (χ2n) is 6.03. The molecule has 0 unspecified atom stereocenters. The van der Waals surface area contributed by atoms with E-state index in [4.69, 9.17) is 26.4 Å². The van der Waals surface area contributed by atoms with Crippen LogP contribution in [-0.4, -0.2) is 38.5 Å².